The second-order valence-electron chi connectivity index (χ2n) is 5.41. The first kappa shape index (κ1) is 22.1. The maximum Gasteiger partial charge on any atom is 0.345 e. The molecule has 0 aromatic heterocycles. The van der Waals surface area contributed by atoms with Gasteiger partial charge in [0.15, 0.2) is 5.90 Å². The Morgan fingerprint density at radius 3 is 1.75 bits per heavy atom. The van der Waals surface area contributed by atoms with E-state index >= 15 is 0 Å². The molecule has 0 aliphatic carbocycles. The van der Waals surface area contributed by atoms with Crippen molar-refractivity contribution in [2.24, 2.45) is 0 Å². The number of halogens is 2. The Bertz CT molecular complexity index is 881. The van der Waals surface area contributed by atoms with Crippen molar-refractivity contribution in [1.82, 2.24) is 0 Å². The van der Waals surface area contributed by atoms with Gasteiger partial charge in [0.2, 0.25) is 0 Å². The zero-order valence-corrected chi connectivity index (χ0v) is 18.4. The molecule has 146 valence electrons. The van der Waals surface area contributed by atoms with E-state index in [1.807, 2.05) is 45.2 Å². The molecular weight excluding hydrogens is 596 g/mol. The van der Waals surface area contributed by atoms with Gasteiger partial charge in [-0.1, -0.05) is 0 Å². The summed E-state index contributed by atoms with van der Waals surface area (Å²) in [4.78, 5) is 35.6. The first-order valence-corrected chi connectivity index (χ1v) is 9.84. The van der Waals surface area contributed by atoms with Gasteiger partial charge in [0.05, 0.1) is 24.7 Å². The van der Waals surface area contributed by atoms with E-state index in [1.54, 1.807) is 0 Å². The van der Waals surface area contributed by atoms with Crippen LogP contribution in [0.3, 0.4) is 0 Å². The molecule has 0 fully saturated rings. The molecule has 2 aromatic carbocycles. The Hall–Kier alpha value is -2.22. The van der Waals surface area contributed by atoms with E-state index in [2.05, 4.69) is 4.74 Å². The molecular formula is C18H13I2NO7. The summed E-state index contributed by atoms with van der Waals surface area (Å²) in [5, 5.41) is 26.5. The number of hydrogen-bond donors (Lipinski definition) is 3. The van der Waals surface area contributed by atoms with E-state index in [4.69, 9.17) is 10.1 Å². The number of nitrogens with one attached hydrogen (secondary N) is 1. The molecule has 0 aliphatic rings. The Balaban J connectivity index is 1.83. The third-order valence-corrected chi connectivity index (χ3v) is 5.07. The summed E-state index contributed by atoms with van der Waals surface area (Å²) in [5.74, 6) is -3.01. The van der Waals surface area contributed by atoms with Crippen LogP contribution in [0.4, 0.5) is 0 Å². The van der Waals surface area contributed by atoms with Gasteiger partial charge >= 0.3 is 17.9 Å². The predicted molar refractivity (Wildman–Crippen MR) is 114 cm³/mol. The minimum Gasteiger partial charge on any atom is -0.507 e. The molecule has 2 aromatic rings. The summed E-state index contributed by atoms with van der Waals surface area (Å²) in [6.45, 7) is 0. The molecule has 0 heterocycles. The number of carbonyl (C=O) groups is 3. The number of ether oxygens (including phenoxy) is 2. The summed E-state index contributed by atoms with van der Waals surface area (Å²) < 4.78 is 10.4. The van der Waals surface area contributed by atoms with Gasteiger partial charge in [-0.2, -0.15) is 0 Å². The molecule has 0 radical (unpaired) electrons. The van der Waals surface area contributed by atoms with Crippen molar-refractivity contribution in [2.75, 3.05) is 0 Å². The van der Waals surface area contributed by atoms with Gasteiger partial charge in [-0.3, -0.25) is 10.2 Å². The number of benzene rings is 2. The Morgan fingerprint density at radius 1 is 0.821 bits per heavy atom. The first-order chi connectivity index (χ1) is 13.2. The van der Waals surface area contributed by atoms with Crippen LogP contribution in [-0.2, 0) is 14.3 Å². The SMILES string of the molecule is N=C(CCC(=O)OC(=O)c1ccc(O)c(I)c1)OC(=O)c1ccc(O)c(I)c1. The number of carbonyl (C=O) groups excluding carboxylic acids is 3. The molecule has 10 heteroatoms. The fourth-order valence-corrected chi connectivity index (χ4v) is 2.95. The molecule has 3 N–H and O–H groups in total. The molecule has 28 heavy (non-hydrogen) atoms. The molecule has 8 nitrogen and oxygen atoms in total. The van der Waals surface area contributed by atoms with E-state index in [0.29, 0.717) is 7.14 Å². The van der Waals surface area contributed by atoms with Gasteiger partial charge in [0.1, 0.15) is 11.5 Å². The molecule has 0 bridgehead atoms. The number of phenols is 2. The number of hydrogen-bond acceptors (Lipinski definition) is 8. The van der Waals surface area contributed by atoms with Crippen LogP contribution in [0.2, 0.25) is 0 Å². The highest BCUT2D eigenvalue weighted by molar-refractivity contribution is 14.1. The summed E-state index contributed by atoms with van der Waals surface area (Å²) >= 11 is 3.67. The van der Waals surface area contributed by atoms with Crippen molar-refractivity contribution < 1.29 is 34.1 Å². The topological polar surface area (TPSA) is 134 Å². The van der Waals surface area contributed by atoms with Gasteiger partial charge in [0.25, 0.3) is 0 Å². The van der Waals surface area contributed by atoms with E-state index in [0.717, 1.165) is 0 Å². The van der Waals surface area contributed by atoms with Crippen molar-refractivity contribution in [3.8, 4) is 11.5 Å². The fraction of sp³-hybridized carbons (Fsp3) is 0.111. The molecule has 0 unspecified atom stereocenters. The minimum atomic E-state index is -0.884. The minimum absolute atomic E-state index is 0.00190. The lowest BCUT2D eigenvalue weighted by atomic mass is 10.2. The maximum absolute atomic E-state index is 11.9. The van der Waals surface area contributed by atoms with Crippen LogP contribution >= 0.6 is 45.2 Å². The third-order valence-electron chi connectivity index (χ3n) is 3.35. The van der Waals surface area contributed by atoms with Gasteiger partial charge in [-0.05, 0) is 81.6 Å². The van der Waals surface area contributed by atoms with Crippen LogP contribution in [0.25, 0.3) is 0 Å². The Morgan fingerprint density at radius 2 is 1.29 bits per heavy atom. The highest BCUT2D eigenvalue weighted by Gasteiger charge is 2.17. The number of aromatic hydroxyl groups is 2. The van der Waals surface area contributed by atoms with Gasteiger partial charge in [0, 0.05) is 6.42 Å². The van der Waals surface area contributed by atoms with Gasteiger partial charge < -0.3 is 19.7 Å². The van der Waals surface area contributed by atoms with Crippen LogP contribution in [0.15, 0.2) is 36.4 Å². The predicted octanol–water partition coefficient (Wildman–Crippen LogP) is 3.60. The van der Waals surface area contributed by atoms with Crippen LogP contribution < -0.4 is 0 Å². The Kier molecular flexibility index (Phi) is 7.74. The third kappa shape index (κ3) is 6.15. The van der Waals surface area contributed by atoms with E-state index in [9.17, 15) is 24.6 Å². The van der Waals surface area contributed by atoms with E-state index in [1.165, 1.54) is 36.4 Å². The number of phenolic OH excluding ortho intramolecular Hbond substituents is 2. The summed E-state index contributed by atoms with van der Waals surface area (Å²) in [7, 11) is 0. The zero-order chi connectivity index (χ0) is 20.8. The van der Waals surface area contributed by atoms with Crippen molar-refractivity contribution in [3.63, 3.8) is 0 Å². The van der Waals surface area contributed by atoms with Crippen molar-refractivity contribution in [3.05, 3.63) is 54.7 Å². The highest BCUT2D eigenvalue weighted by atomic mass is 127. The van der Waals surface area contributed by atoms with Crippen LogP contribution in [-0.4, -0.2) is 34.0 Å². The second kappa shape index (κ2) is 9.82. The summed E-state index contributed by atoms with van der Waals surface area (Å²) in [5.41, 5.74) is 0.241. The maximum atomic E-state index is 11.9. The average Bonchev–Trinajstić information content (AvgIpc) is 2.64. The molecule has 0 aliphatic heterocycles. The molecule has 0 atom stereocenters. The van der Waals surface area contributed by atoms with Crippen molar-refractivity contribution in [2.45, 2.75) is 12.8 Å². The lowest BCUT2D eigenvalue weighted by molar-refractivity contribution is -0.137. The van der Waals surface area contributed by atoms with E-state index in [-0.39, 0.29) is 35.5 Å². The molecule has 2 rings (SSSR count). The highest BCUT2D eigenvalue weighted by Crippen LogP contribution is 2.21. The fourth-order valence-electron chi connectivity index (χ4n) is 1.92. The monoisotopic (exact) mass is 609 g/mol. The molecule has 0 saturated heterocycles. The lowest BCUT2D eigenvalue weighted by Crippen LogP contribution is -2.16. The normalized spacial score (nSPS) is 10.2. The smallest absolute Gasteiger partial charge is 0.345 e. The number of esters is 3. The van der Waals surface area contributed by atoms with Crippen LogP contribution in [0, 0.1) is 12.5 Å². The quantitative estimate of drug-likeness (QED) is 0.155. The Labute approximate surface area is 186 Å². The second-order valence-corrected chi connectivity index (χ2v) is 7.73. The van der Waals surface area contributed by atoms with Crippen molar-refractivity contribution in [1.29, 1.82) is 5.41 Å². The molecule has 0 saturated carbocycles. The molecule has 0 amide bonds. The van der Waals surface area contributed by atoms with Crippen LogP contribution in [0.1, 0.15) is 33.6 Å². The molecule has 0 spiro atoms. The largest absolute Gasteiger partial charge is 0.507 e. The average molecular weight is 609 g/mol. The summed E-state index contributed by atoms with van der Waals surface area (Å²) in [6, 6.07) is 8.07. The lowest BCUT2D eigenvalue weighted by Gasteiger charge is -2.07. The van der Waals surface area contributed by atoms with Crippen molar-refractivity contribution >= 4 is 69.0 Å². The van der Waals surface area contributed by atoms with Crippen LogP contribution in [0.5, 0.6) is 11.5 Å². The first-order valence-electron chi connectivity index (χ1n) is 7.69. The zero-order valence-electron chi connectivity index (χ0n) is 14.1. The van der Waals surface area contributed by atoms with Gasteiger partial charge in [-0.15, -0.1) is 0 Å². The van der Waals surface area contributed by atoms with Gasteiger partial charge in [-0.25, -0.2) is 9.59 Å². The van der Waals surface area contributed by atoms with E-state index < -0.39 is 23.8 Å². The number of rotatable bonds is 5. The summed E-state index contributed by atoms with van der Waals surface area (Å²) in [6.07, 6.45) is -0.569. The standard InChI is InChI=1S/C18H13I2NO7/c19-11-7-9(1-3-13(11)22)17(25)27-15(21)5-6-16(24)28-18(26)10-2-4-14(23)12(20)8-10/h1-4,7-8,21-23H,5-6H2.